The second-order valence-corrected chi connectivity index (χ2v) is 6.66. The third-order valence-electron chi connectivity index (χ3n) is 4.72. The van der Waals surface area contributed by atoms with E-state index < -0.39 is 5.69 Å². The molecule has 8 heteroatoms. The molecule has 3 aromatic rings. The molecule has 1 aromatic heterocycles. The molecule has 0 aliphatic carbocycles. The maximum Gasteiger partial charge on any atom is 0.365 e. The number of tetrazole rings is 1. The molecular formula is C19H20N6O2. The van der Waals surface area contributed by atoms with Crippen LogP contribution in [0.2, 0.25) is 0 Å². The number of amides is 1. The average molecular weight is 364 g/mol. The highest BCUT2D eigenvalue weighted by molar-refractivity contribution is 5.93. The number of hydrogen-bond acceptors (Lipinski definition) is 5. The van der Waals surface area contributed by atoms with Gasteiger partial charge >= 0.3 is 5.69 Å². The van der Waals surface area contributed by atoms with Gasteiger partial charge in [0, 0.05) is 18.8 Å². The highest BCUT2D eigenvalue weighted by Gasteiger charge is 2.28. The minimum Gasteiger partial charge on any atom is -0.326 e. The number of benzene rings is 2. The highest BCUT2D eigenvalue weighted by atomic mass is 16.2. The van der Waals surface area contributed by atoms with Gasteiger partial charge in [-0.1, -0.05) is 36.4 Å². The van der Waals surface area contributed by atoms with E-state index in [-0.39, 0.29) is 11.8 Å². The topological polar surface area (TPSA) is 95.9 Å². The van der Waals surface area contributed by atoms with Crippen LogP contribution >= 0.6 is 0 Å². The summed E-state index contributed by atoms with van der Waals surface area (Å²) >= 11 is 0. The first-order chi connectivity index (χ1) is 13.2. The van der Waals surface area contributed by atoms with Gasteiger partial charge in [-0.25, -0.2) is 9.89 Å². The van der Waals surface area contributed by atoms with Gasteiger partial charge in [0.25, 0.3) is 0 Å². The fraction of sp³-hybridized carbons (Fsp3) is 0.263. The molecule has 0 saturated carbocycles. The smallest absolute Gasteiger partial charge is 0.326 e. The minimum absolute atomic E-state index is 0.00443. The van der Waals surface area contributed by atoms with Gasteiger partial charge in [0.05, 0.1) is 11.6 Å². The van der Waals surface area contributed by atoms with Crippen LogP contribution < -0.4 is 11.0 Å². The van der Waals surface area contributed by atoms with Gasteiger partial charge in [0.2, 0.25) is 5.91 Å². The van der Waals surface area contributed by atoms with Crippen molar-refractivity contribution >= 4 is 11.6 Å². The Kier molecular flexibility index (Phi) is 4.80. The van der Waals surface area contributed by atoms with E-state index in [9.17, 15) is 9.59 Å². The van der Waals surface area contributed by atoms with Crippen molar-refractivity contribution in [3.8, 4) is 5.69 Å². The SMILES string of the molecule is O=C(Nc1cccc(-n2nn[nH]c2=O)c1)C1CCN(Cc2ccccc2)C1. The van der Waals surface area contributed by atoms with Gasteiger partial charge in [-0.05, 0) is 47.2 Å². The maximum absolute atomic E-state index is 12.6. The van der Waals surface area contributed by atoms with Crippen molar-refractivity contribution in [2.45, 2.75) is 13.0 Å². The Hall–Kier alpha value is -3.26. The zero-order valence-electron chi connectivity index (χ0n) is 14.7. The number of carbonyl (C=O) groups is 1. The molecule has 2 N–H and O–H groups in total. The number of likely N-dealkylation sites (tertiary alicyclic amines) is 1. The number of aromatic amines is 1. The number of nitrogens with zero attached hydrogens (tertiary/aromatic N) is 4. The van der Waals surface area contributed by atoms with Gasteiger partial charge in [0.1, 0.15) is 0 Å². The first-order valence-electron chi connectivity index (χ1n) is 8.87. The molecule has 2 heterocycles. The summed E-state index contributed by atoms with van der Waals surface area (Å²) in [6.45, 7) is 2.50. The summed E-state index contributed by atoms with van der Waals surface area (Å²) in [5.74, 6) is -0.0534. The third-order valence-corrected chi connectivity index (χ3v) is 4.72. The number of rotatable bonds is 5. The number of carbonyl (C=O) groups excluding carboxylic acids is 1. The van der Waals surface area contributed by atoms with Crippen LogP contribution in [0.1, 0.15) is 12.0 Å². The van der Waals surface area contributed by atoms with E-state index in [0.717, 1.165) is 30.7 Å². The van der Waals surface area contributed by atoms with E-state index in [0.29, 0.717) is 11.4 Å². The second-order valence-electron chi connectivity index (χ2n) is 6.66. The van der Waals surface area contributed by atoms with Crippen LogP contribution in [-0.2, 0) is 11.3 Å². The van der Waals surface area contributed by atoms with E-state index in [2.05, 4.69) is 37.9 Å². The number of nitrogens with one attached hydrogen (secondary N) is 2. The molecule has 8 nitrogen and oxygen atoms in total. The molecule has 1 fully saturated rings. The van der Waals surface area contributed by atoms with E-state index in [1.54, 1.807) is 24.3 Å². The zero-order valence-corrected chi connectivity index (χ0v) is 14.7. The van der Waals surface area contributed by atoms with Gasteiger partial charge in [-0.3, -0.25) is 9.69 Å². The lowest BCUT2D eigenvalue weighted by molar-refractivity contribution is -0.119. The number of hydrogen-bond donors (Lipinski definition) is 2. The van der Waals surface area contributed by atoms with Crippen LogP contribution in [0, 0.1) is 5.92 Å². The third kappa shape index (κ3) is 3.95. The van der Waals surface area contributed by atoms with Gasteiger partial charge < -0.3 is 5.32 Å². The van der Waals surface area contributed by atoms with Gasteiger partial charge in [-0.2, -0.15) is 4.68 Å². The fourth-order valence-corrected chi connectivity index (χ4v) is 3.36. The molecule has 1 atom stereocenters. The fourth-order valence-electron chi connectivity index (χ4n) is 3.36. The van der Waals surface area contributed by atoms with Crippen LogP contribution in [0.5, 0.6) is 0 Å². The zero-order chi connectivity index (χ0) is 18.6. The lowest BCUT2D eigenvalue weighted by atomic mass is 10.1. The monoisotopic (exact) mass is 364 g/mol. The van der Waals surface area contributed by atoms with E-state index >= 15 is 0 Å². The Morgan fingerprint density at radius 2 is 2.04 bits per heavy atom. The molecule has 27 heavy (non-hydrogen) atoms. The number of anilines is 1. The predicted octanol–water partition coefficient (Wildman–Crippen LogP) is 1.42. The molecule has 4 rings (SSSR count). The summed E-state index contributed by atoms with van der Waals surface area (Å²) in [6.07, 6.45) is 0.834. The van der Waals surface area contributed by atoms with Crippen LogP contribution in [0.15, 0.2) is 59.4 Å². The van der Waals surface area contributed by atoms with Crippen LogP contribution in [-0.4, -0.2) is 44.1 Å². The van der Waals surface area contributed by atoms with Crippen molar-refractivity contribution < 1.29 is 4.79 Å². The molecular weight excluding hydrogens is 344 g/mol. The molecule has 0 radical (unpaired) electrons. The Labute approximate surface area is 155 Å². The second kappa shape index (κ2) is 7.55. The van der Waals surface area contributed by atoms with Crippen LogP contribution in [0.4, 0.5) is 5.69 Å². The number of H-pyrrole nitrogens is 1. The summed E-state index contributed by atoms with van der Waals surface area (Å²) in [5.41, 5.74) is 2.01. The average Bonchev–Trinajstić information content (AvgIpc) is 3.32. The largest absolute Gasteiger partial charge is 0.365 e. The molecule has 1 amide bonds. The van der Waals surface area contributed by atoms with E-state index in [1.807, 2.05) is 18.2 Å². The van der Waals surface area contributed by atoms with Crippen molar-refractivity contribution in [1.29, 1.82) is 0 Å². The predicted molar refractivity (Wildman–Crippen MR) is 100 cm³/mol. The lowest BCUT2D eigenvalue weighted by Gasteiger charge is -2.16. The summed E-state index contributed by atoms with van der Waals surface area (Å²) in [5, 5.41) is 12.4. The summed E-state index contributed by atoms with van der Waals surface area (Å²) < 4.78 is 1.15. The first-order valence-corrected chi connectivity index (χ1v) is 8.87. The van der Waals surface area contributed by atoms with Crippen LogP contribution in [0.3, 0.4) is 0 Å². The summed E-state index contributed by atoms with van der Waals surface area (Å²) in [7, 11) is 0. The number of aromatic nitrogens is 4. The Bertz CT molecular complexity index is 981. The summed E-state index contributed by atoms with van der Waals surface area (Å²) in [6, 6.07) is 17.3. The molecule has 0 spiro atoms. The minimum atomic E-state index is -0.425. The van der Waals surface area contributed by atoms with Gasteiger partial charge in [0.15, 0.2) is 0 Å². The molecule has 0 bridgehead atoms. The van der Waals surface area contributed by atoms with E-state index in [1.165, 1.54) is 5.56 Å². The summed E-state index contributed by atoms with van der Waals surface area (Å²) in [4.78, 5) is 26.6. The molecule has 138 valence electrons. The Morgan fingerprint density at radius 3 is 2.81 bits per heavy atom. The Balaban J connectivity index is 1.38. The first kappa shape index (κ1) is 17.2. The van der Waals surface area contributed by atoms with Crippen molar-refractivity contribution in [3.05, 3.63) is 70.6 Å². The Morgan fingerprint density at radius 1 is 1.19 bits per heavy atom. The molecule has 1 unspecified atom stereocenters. The molecule has 2 aromatic carbocycles. The van der Waals surface area contributed by atoms with Crippen molar-refractivity contribution in [2.75, 3.05) is 18.4 Å². The normalized spacial score (nSPS) is 17.1. The van der Waals surface area contributed by atoms with Crippen molar-refractivity contribution in [3.63, 3.8) is 0 Å². The van der Waals surface area contributed by atoms with Crippen molar-refractivity contribution in [1.82, 2.24) is 25.1 Å². The molecule has 1 aliphatic heterocycles. The van der Waals surface area contributed by atoms with Crippen LogP contribution in [0.25, 0.3) is 5.69 Å². The molecule has 1 saturated heterocycles. The lowest BCUT2D eigenvalue weighted by Crippen LogP contribution is -2.27. The quantitative estimate of drug-likeness (QED) is 0.714. The molecule has 1 aliphatic rings. The van der Waals surface area contributed by atoms with Crippen molar-refractivity contribution in [2.24, 2.45) is 5.92 Å². The highest BCUT2D eigenvalue weighted by Crippen LogP contribution is 2.21. The standard InChI is InChI=1S/C19H20N6O2/c26-18(15-9-10-24(13-15)12-14-5-2-1-3-6-14)20-16-7-4-8-17(11-16)25-19(27)21-22-23-25/h1-8,11,15H,9-10,12-13H2,(H,20,26)(H,21,23,27). The van der Waals surface area contributed by atoms with E-state index in [4.69, 9.17) is 0 Å². The maximum atomic E-state index is 12.6. The van der Waals surface area contributed by atoms with Gasteiger partial charge in [-0.15, -0.1) is 0 Å².